The van der Waals surface area contributed by atoms with Crippen molar-refractivity contribution in [3.63, 3.8) is 0 Å². The number of aliphatic hydroxyl groups excluding tert-OH is 1. The van der Waals surface area contributed by atoms with Gasteiger partial charge in [-0.1, -0.05) is 54.6 Å². The molecule has 4 rings (SSSR count). The van der Waals surface area contributed by atoms with Crippen molar-refractivity contribution in [3.05, 3.63) is 90.3 Å². The molecule has 0 bridgehead atoms. The number of imide groups is 1. The molecule has 0 aliphatic carbocycles. The first-order valence-electron chi connectivity index (χ1n) is 8.94. The minimum Gasteiger partial charge on any atom is -0.385 e. The average molecular weight is 373 g/mol. The zero-order chi connectivity index (χ0) is 19.6. The second-order valence-corrected chi connectivity index (χ2v) is 6.80. The van der Waals surface area contributed by atoms with Gasteiger partial charge in [-0.25, -0.2) is 4.79 Å². The largest absolute Gasteiger partial charge is 0.385 e. The molecule has 2 unspecified atom stereocenters. The Labute approximate surface area is 162 Å². The summed E-state index contributed by atoms with van der Waals surface area (Å²) in [6, 6.07) is 20.1. The molecule has 0 spiro atoms. The molecule has 1 aliphatic rings. The van der Waals surface area contributed by atoms with Crippen LogP contribution in [0.3, 0.4) is 0 Å². The highest BCUT2D eigenvalue weighted by molar-refractivity contribution is 6.07. The normalized spacial score (nSPS) is 19.8. The van der Waals surface area contributed by atoms with E-state index in [9.17, 15) is 14.7 Å². The molecule has 6 heteroatoms. The molecule has 3 amide bonds. The zero-order valence-corrected chi connectivity index (χ0v) is 15.0. The van der Waals surface area contributed by atoms with Crippen LogP contribution >= 0.6 is 0 Å². The van der Waals surface area contributed by atoms with Crippen molar-refractivity contribution in [3.8, 4) is 11.1 Å². The van der Waals surface area contributed by atoms with E-state index in [2.05, 4.69) is 15.6 Å². The summed E-state index contributed by atoms with van der Waals surface area (Å²) in [6.07, 6.45) is 2.16. The molecule has 0 radical (unpaired) electrons. The van der Waals surface area contributed by atoms with Gasteiger partial charge in [-0.2, -0.15) is 0 Å². The first kappa shape index (κ1) is 17.9. The van der Waals surface area contributed by atoms with Crippen LogP contribution in [-0.2, 0) is 11.2 Å². The number of nitrogens with one attached hydrogen (secondary N) is 2. The minimum atomic E-state index is -1.48. The quantitative estimate of drug-likeness (QED) is 0.600. The van der Waals surface area contributed by atoms with Crippen molar-refractivity contribution >= 4 is 11.9 Å². The first-order valence-corrected chi connectivity index (χ1v) is 8.94. The van der Waals surface area contributed by atoms with Crippen LogP contribution in [0.5, 0.6) is 0 Å². The van der Waals surface area contributed by atoms with Crippen LogP contribution in [0.15, 0.2) is 79.1 Å². The minimum absolute atomic E-state index is 0.148. The van der Waals surface area contributed by atoms with Crippen LogP contribution in [0.1, 0.15) is 17.2 Å². The summed E-state index contributed by atoms with van der Waals surface area (Å²) in [5, 5.41) is 16.0. The van der Waals surface area contributed by atoms with Crippen molar-refractivity contribution in [1.29, 1.82) is 0 Å². The Kier molecular flexibility index (Phi) is 4.63. The van der Waals surface area contributed by atoms with Gasteiger partial charge in [-0.3, -0.25) is 15.1 Å². The Morgan fingerprint density at radius 1 is 0.893 bits per heavy atom. The number of carbonyl (C=O) groups excluding carboxylic acids is 2. The number of amides is 3. The van der Waals surface area contributed by atoms with Gasteiger partial charge in [0.1, 0.15) is 6.10 Å². The van der Waals surface area contributed by atoms with Gasteiger partial charge in [0.05, 0.1) is 0 Å². The SMILES string of the molecule is O=C1NC(=O)C(Cc2ccncc2)(C(O)c2ccc(-c3ccccc3)cc2)N1. The van der Waals surface area contributed by atoms with E-state index < -0.39 is 23.6 Å². The van der Waals surface area contributed by atoms with Crippen LogP contribution in [0.25, 0.3) is 11.1 Å². The molecule has 140 valence electrons. The number of nitrogens with zero attached hydrogens (tertiary/aromatic N) is 1. The summed E-state index contributed by atoms with van der Waals surface area (Å²) in [5.41, 5.74) is 1.91. The maximum atomic E-state index is 12.6. The van der Waals surface area contributed by atoms with Gasteiger partial charge < -0.3 is 10.4 Å². The van der Waals surface area contributed by atoms with Gasteiger partial charge in [0, 0.05) is 18.8 Å². The number of urea groups is 1. The average Bonchev–Trinajstić information content (AvgIpc) is 3.02. The number of rotatable bonds is 5. The van der Waals surface area contributed by atoms with Crippen LogP contribution < -0.4 is 10.6 Å². The second kappa shape index (κ2) is 7.25. The highest BCUT2D eigenvalue weighted by atomic mass is 16.3. The Morgan fingerprint density at radius 3 is 2.14 bits per heavy atom. The van der Waals surface area contributed by atoms with Crippen molar-refractivity contribution in [1.82, 2.24) is 15.6 Å². The standard InChI is InChI=1S/C22H19N3O3/c26-19(18-8-6-17(7-9-18)16-4-2-1-3-5-16)22(20(27)24-21(28)25-22)14-15-10-12-23-13-11-15/h1-13,19,26H,14H2,(H2,24,25,27,28). The van der Waals surface area contributed by atoms with Gasteiger partial charge in [0.2, 0.25) is 0 Å². The number of pyridine rings is 1. The number of hydrogen-bond donors (Lipinski definition) is 3. The van der Waals surface area contributed by atoms with E-state index in [-0.39, 0.29) is 6.42 Å². The molecule has 3 N–H and O–H groups in total. The van der Waals surface area contributed by atoms with E-state index in [0.29, 0.717) is 5.56 Å². The Balaban J connectivity index is 1.67. The lowest BCUT2D eigenvalue weighted by Gasteiger charge is -2.31. The van der Waals surface area contributed by atoms with Crippen molar-refractivity contribution < 1.29 is 14.7 Å². The summed E-state index contributed by atoms with van der Waals surface area (Å²) in [6.45, 7) is 0. The van der Waals surface area contributed by atoms with E-state index in [1.165, 1.54) is 0 Å². The highest BCUT2D eigenvalue weighted by Crippen LogP contribution is 2.33. The molecule has 3 aromatic rings. The van der Waals surface area contributed by atoms with E-state index >= 15 is 0 Å². The van der Waals surface area contributed by atoms with Crippen LogP contribution in [0.2, 0.25) is 0 Å². The maximum Gasteiger partial charge on any atom is 0.322 e. The monoisotopic (exact) mass is 373 g/mol. The fraction of sp³-hybridized carbons (Fsp3) is 0.136. The second-order valence-electron chi connectivity index (χ2n) is 6.80. The molecule has 28 heavy (non-hydrogen) atoms. The molecule has 1 aromatic heterocycles. The molecule has 2 aromatic carbocycles. The first-order chi connectivity index (χ1) is 13.6. The molecule has 1 saturated heterocycles. The highest BCUT2D eigenvalue weighted by Gasteiger charge is 2.52. The summed E-state index contributed by atoms with van der Waals surface area (Å²) in [5.74, 6) is -0.547. The Hall–Kier alpha value is -3.51. The predicted molar refractivity (Wildman–Crippen MR) is 104 cm³/mol. The summed E-state index contributed by atoms with van der Waals surface area (Å²) in [7, 11) is 0. The topological polar surface area (TPSA) is 91.3 Å². The van der Waals surface area contributed by atoms with E-state index in [1.54, 1.807) is 36.7 Å². The number of aromatic nitrogens is 1. The zero-order valence-electron chi connectivity index (χ0n) is 15.0. The number of carbonyl (C=O) groups is 2. The summed E-state index contributed by atoms with van der Waals surface area (Å²) >= 11 is 0. The van der Waals surface area contributed by atoms with E-state index in [4.69, 9.17) is 0 Å². The lowest BCUT2D eigenvalue weighted by molar-refractivity contribution is -0.128. The third-order valence-corrected chi connectivity index (χ3v) is 5.00. The van der Waals surface area contributed by atoms with Gasteiger partial charge in [-0.05, 0) is 34.4 Å². The summed E-state index contributed by atoms with van der Waals surface area (Å²) in [4.78, 5) is 28.5. The fourth-order valence-electron chi connectivity index (χ4n) is 3.51. The fourth-order valence-corrected chi connectivity index (χ4v) is 3.51. The lowest BCUT2D eigenvalue weighted by atomic mass is 9.82. The van der Waals surface area contributed by atoms with Crippen LogP contribution in [-0.4, -0.2) is 27.6 Å². The van der Waals surface area contributed by atoms with Gasteiger partial charge in [0.25, 0.3) is 5.91 Å². The van der Waals surface area contributed by atoms with Crippen molar-refractivity contribution in [2.75, 3.05) is 0 Å². The number of benzene rings is 2. The molecule has 2 atom stereocenters. The van der Waals surface area contributed by atoms with E-state index in [1.807, 2.05) is 42.5 Å². The number of hydrogen-bond acceptors (Lipinski definition) is 4. The molecule has 1 aliphatic heterocycles. The van der Waals surface area contributed by atoms with Crippen molar-refractivity contribution in [2.24, 2.45) is 0 Å². The molecule has 0 saturated carbocycles. The van der Waals surface area contributed by atoms with Crippen molar-refractivity contribution in [2.45, 2.75) is 18.1 Å². The lowest BCUT2D eigenvalue weighted by Crippen LogP contribution is -2.53. The third kappa shape index (κ3) is 3.25. The third-order valence-electron chi connectivity index (χ3n) is 5.00. The predicted octanol–water partition coefficient (Wildman–Crippen LogP) is 2.60. The molecule has 2 heterocycles. The summed E-state index contributed by atoms with van der Waals surface area (Å²) < 4.78 is 0. The van der Waals surface area contributed by atoms with Gasteiger partial charge in [0.15, 0.2) is 5.54 Å². The molecule has 6 nitrogen and oxygen atoms in total. The van der Waals surface area contributed by atoms with Gasteiger partial charge in [-0.15, -0.1) is 0 Å². The maximum absolute atomic E-state index is 12.6. The van der Waals surface area contributed by atoms with Crippen LogP contribution in [0.4, 0.5) is 4.79 Å². The number of aliphatic hydroxyl groups is 1. The molecular formula is C22H19N3O3. The van der Waals surface area contributed by atoms with Gasteiger partial charge >= 0.3 is 6.03 Å². The Morgan fingerprint density at radius 2 is 1.54 bits per heavy atom. The van der Waals surface area contributed by atoms with E-state index in [0.717, 1.165) is 16.7 Å². The molecule has 1 fully saturated rings. The smallest absolute Gasteiger partial charge is 0.322 e. The van der Waals surface area contributed by atoms with Crippen LogP contribution in [0, 0.1) is 0 Å². The Bertz CT molecular complexity index is 991. The molecular weight excluding hydrogens is 354 g/mol.